The van der Waals surface area contributed by atoms with Crippen molar-refractivity contribution in [2.45, 2.75) is 0 Å². The van der Waals surface area contributed by atoms with E-state index in [1.165, 1.54) is 0 Å². The maximum Gasteiger partial charge on any atom is 0.250 e. The normalized spacial score (nSPS) is 13.6. The molecule has 5 rings (SSSR count). The number of ether oxygens (including phenoxy) is 2. The van der Waals surface area contributed by atoms with E-state index in [0.717, 1.165) is 29.9 Å². The average Bonchev–Trinajstić information content (AvgIpc) is 3.34. The molecule has 0 spiro atoms. The molecule has 0 atom stereocenters. The maximum atomic E-state index is 11.9. The third-order valence-corrected chi connectivity index (χ3v) is 5.67. The summed E-state index contributed by atoms with van der Waals surface area (Å²) in [6.07, 6.45) is 1.78. The zero-order valence-corrected chi connectivity index (χ0v) is 18.7. The van der Waals surface area contributed by atoms with Gasteiger partial charge in [-0.2, -0.15) is 9.97 Å². The Morgan fingerprint density at radius 2 is 1.91 bits per heavy atom. The predicted molar refractivity (Wildman–Crippen MR) is 131 cm³/mol. The number of morpholine rings is 1. The van der Waals surface area contributed by atoms with Crippen molar-refractivity contribution >= 4 is 45.8 Å². The summed E-state index contributed by atoms with van der Waals surface area (Å²) < 4.78 is 11.1. The van der Waals surface area contributed by atoms with Gasteiger partial charge in [0, 0.05) is 31.0 Å². The predicted octanol–water partition coefficient (Wildman–Crippen LogP) is 3.39. The summed E-state index contributed by atoms with van der Waals surface area (Å²) in [4.78, 5) is 26.5. The van der Waals surface area contributed by atoms with Gasteiger partial charge in [0.05, 0.1) is 42.6 Å². The summed E-state index contributed by atoms with van der Waals surface area (Å²) in [6.45, 7) is 3.09. The van der Waals surface area contributed by atoms with Crippen LogP contribution in [0.2, 0.25) is 0 Å². The minimum atomic E-state index is -0.522. The van der Waals surface area contributed by atoms with Crippen molar-refractivity contribution in [1.29, 1.82) is 0 Å². The van der Waals surface area contributed by atoms with Crippen molar-refractivity contribution < 1.29 is 14.3 Å². The molecule has 0 saturated carbocycles. The number of nitrogens with two attached hydrogens (primary N) is 1. The minimum absolute atomic E-state index is 0.367. The quantitative estimate of drug-likeness (QED) is 0.331. The molecule has 2 aromatic heterocycles. The third-order valence-electron chi connectivity index (χ3n) is 5.67. The van der Waals surface area contributed by atoms with Gasteiger partial charge in [-0.15, -0.1) is 0 Å². The molecule has 1 aliphatic rings. The van der Waals surface area contributed by atoms with E-state index < -0.39 is 5.91 Å². The molecule has 0 aliphatic carbocycles. The van der Waals surface area contributed by atoms with Gasteiger partial charge in [-0.1, -0.05) is 12.1 Å². The highest BCUT2D eigenvalue weighted by molar-refractivity contribution is 6.00. The fourth-order valence-corrected chi connectivity index (χ4v) is 3.95. The van der Waals surface area contributed by atoms with E-state index in [1.54, 1.807) is 31.5 Å². The van der Waals surface area contributed by atoms with Crippen LogP contribution in [-0.4, -0.2) is 54.3 Å². The molecule has 4 aromatic rings. The number of rotatable bonds is 7. The van der Waals surface area contributed by atoms with E-state index in [9.17, 15) is 4.79 Å². The number of para-hydroxylation sites is 1. The summed E-state index contributed by atoms with van der Waals surface area (Å²) in [5.41, 5.74) is 8.91. The number of nitrogens with zero attached hydrogens (tertiary/aromatic N) is 3. The number of nitrogens with one attached hydrogen (secondary N) is 3. The Kier molecular flexibility index (Phi) is 5.88. The molecule has 1 fully saturated rings. The molecular weight excluding hydrogens is 434 g/mol. The lowest BCUT2D eigenvalue weighted by molar-refractivity contribution is 0.100. The van der Waals surface area contributed by atoms with Gasteiger partial charge in [0.2, 0.25) is 5.95 Å². The van der Waals surface area contributed by atoms with Crippen molar-refractivity contribution in [1.82, 2.24) is 15.0 Å². The molecule has 1 amide bonds. The van der Waals surface area contributed by atoms with Gasteiger partial charge in [0.15, 0.2) is 0 Å². The lowest BCUT2D eigenvalue weighted by atomic mass is 10.1. The summed E-state index contributed by atoms with van der Waals surface area (Å²) in [5.74, 6) is 1.05. The number of H-pyrrole nitrogens is 1. The second-order valence-electron chi connectivity index (χ2n) is 7.78. The van der Waals surface area contributed by atoms with Crippen LogP contribution in [0.5, 0.6) is 5.75 Å². The molecule has 1 saturated heterocycles. The van der Waals surface area contributed by atoms with Gasteiger partial charge in [-0.25, -0.2) is 0 Å². The van der Waals surface area contributed by atoms with E-state index in [1.807, 2.05) is 30.3 Å². The van der Waals surface area contributed by atoms with Crippen LogP contribution in [-0.2, 0) is 4.74 Å². The first-order valence-corrected chi connectivity index (χ1v) is 10.9. The lowest BCUT2D eigenvalue weighted by Crippen LogP contribution is -2.36. The third kappa shape index (κ3) is 4.30. The Balaban J connectivity index is 1.47. The van der Waals surface area contributed by atoms with E-state index in [-0.39, 0.29) is 0 Å². The number of aromatic amines is 1. The van der Waals surface area contributed by atoms with Gasteiger partial charge in [0.25, 0.3) is 5.91 Å². The Morgan fingerprint density at radius 3 is 2.71 bits per heavy atom. The highest BCUT2D eigenvalue weighted by Gasteiger charge is 2.16. The summed E-state index contributed by atoms with van der Waals surface area (Å²) in [6, 6.07) is 14.9. The van der Waals surface area contributed by atoms with Crippen molar-refractivity contribution in [3.05, 3.63) is 60.3 Å². The zero-order chi connectivity index (χ0) is 23.5. The van der Waals surface area contributed by atoms with E-state index in [4.69, 9.17) is 15.2 Å². The molecule has 0 bridgehead atoms. The number of amides is 1. The number of hydrogen-bond donors (Lipinski definition) is 4. The Hall–Kier alpha value is -4.31. The number of methoxy groups -OCH3 is 1. The first-order valence-electron chi connectivity index (χ1n) is 10.9. The van der Waals surface area contributed by atoms with E-state index in [0.29, 0.717) is 47.6 Å². The van der Waals surface area contributed by atoms with Crippen LogP contribution in [0.1, 0.15) is 10.4 Å². The van der Waals surface area contributed by atoms with Crippen molar-refractivity contribution in [2.75, 3.05) is 48.9 Å². The summed E-state index contributed by atoms with van der Waals surface area (Å²) in [5, 5.41) is 7.26. The fourth-order valence-electron chi connectivity index (χ4n) is 3.95. The van der Waals surface area contributed by atoms with Crippen LogP contribution in [0.3, 0.4) is 0 Å². The van der Waals surface area contributed by atoms with Gasteiger partial charge in [0.1, 0.15) is 17.2 Å². The van der Waals surface area contributed by atoms with Crippen LogP contribution in [0.4, 0.5) is 28.8 Å². The number of benzene rings is 2. The fraction of sp³-hybridized carbons (Fsp3) is 0.208. The van der Waals surface area contributed by atoms with Crippen LogP contribution in [0, 0.1) is 0 Å². The Morgan fingerprint density at radius 1 is 1.09 bits per heavy atom. The smallest absolute Gasteiger partial charge is 0.250 e. The molecule has 0 radical (unpaired) electrons. The first-order chi connectivity index (χ1) is 16.6. The SMILES string of the molecule is COc1cc(N2CCOCC2)ccc1Nc1nc(Nc2ccccc2C(N)=O)c2cc[nH]c2n1. The van der Waals surface area contributed by atoms with Crippen LogP contribution >= 0.6 is 0 Å². The molecule has 0 unspecified atom stereocenters. The first kappa shape index (κ1) is 21.5. The monoisotopic (exact) mass is 459 g/mol. The number of hydrogen-bond acceptors (Lipinski definition) is 8. The number of carbonyl (C=O) groups excluding carboxylic acids is 1. The highest BCUT2D eigenvalue weighted by Crippen LogP contribution is 2.33. The second kappa shape index (κ2) is 9.28. The zero-order valence-electron chi connectivity index (χ0n) is 18.7. The van der Waals surface area contributed by atoms with Crippen molar-refractivity contribution in [3.63, 3.8) is 0 Å². The summed E-state index contributed by atoms with van der Waals surface area (Å²) in [7, 11) is 1.63. The number of anilines is 5. The molecule has 2 aromatic carbocycles. The molecule has 10 nitrogen and oxygen atoms in total. The minimum Gasteiger partial charge on any atom is -0.494 e. The van der Waals surface area contributed by atoms with Gasteiger partial charge < -0.3 is 35.7 Å². The number of primary amides is 1. The molecule has 34 heavy (non-hydrogen) atoms. The van der Waals surface area contributed by atoms with Crippen LogP contribution in [0.15, 0.2) is 54.7 Å². The van der Waals surface area contributed by atoms with Crippen LogP contribution in [0.25, 0.3) is 11.0 Å². The van der Waals surface area contributed by atoms with Gasteiger partial charge in [-0.3, -0.25) is 4.79 Å². The van der Waals surface area contributed by atoms with E-state index in [2.05, 4.69) is 30.5 Å². The molecule has 174 valence electrons. The molecule has 3 heterocycles. The number of carbonyl (C=O) groups is 1. The van der Waals surface area contributed by atoms with Crippen molar-refractivity contribution in [3.8, 4) is 5.75 Å². The molecule has 10 heteroatoms. The van der Waals surface area contributed by atoms with Gasteiger partial charge >= 0.3 is 0 Å². The number of fused-ring (bicyclic) bond motifs is 1. The lowest BCUT2D eigenvalue weighted by Gasteiger charge is -2.29. The largest absolute Gasteiger partial charge is 0.494 e. The summed E-state index contributed by atoms with van der Waals surface area (Å²) >= 11 is 0. The topological polar surface area (TPSA) is 130 Å². The Bertz CT molecular complexity index is 1330. The standard InChI is InChI=1S/C24H25N7O3/c1-33-20-14-15(31-10-12-34-13-11-31)6-7-19(20)28-24-29-22-17(8-9-26-22)23(30-24)27-18-5-3-2-4-16(18)21(25)32/h2-9,14H,10-13H2,1H3,(H2,25,32)(H3,26,27,28,29,30). The molecular formula is C24H25N7O3. The average molecular weight is 460 g/mol. The van der Waals surface area contributed by atoms with Gasteiger partial charge in [-0.05, 0) is 30.3 Å². The molecule has 5 N–H and O–H groups in total. The van der Waals surface area contributed by atoms with Crippen LogP contribution < -0.4 is 26.0 Å². The number of aromatic nitrogens is 3. The highest BCUT2D eigenvalue weighted by atomic mass is 16.5. The van der Waals surface area contributed by atoms with E-state index >= 15 is 0 Å². The maximum absolute atomic E-state index is 11.9. The molecule has 1 aliphatic heterocycles. The Labute approximate surface area is 196 Å². The van der Waals surface area contributed by atoms with Crippen molar-refractivity contribution in [2.24, 2.45) is 5.73 Å². The second-order valence-corrected chi connectivity index (χ2v) is 7.78.